The molecule has 0 aliphatic carbocycles. The van der Waals surface area contributed by atoms with Crippen LogP contribution in [0.1, 0.15) is 16.1 Å². The molecule has 0 bridgehead atoms. The second-order valence-corrected chi connectivity index (χ2v) is 7.09. The van der Waals surface area contributed by atoms with E-state index >= 15 is 0 Å². The fourth-order valence-corrected chi connectivity index (χ4v) is 4.04. The number of rotatable bonds is 4. The first-order valence-electron chi connectivity index (χ1n) is 8.04. The highest BCUT2D eigenvalue weighted by Crippen LogP contribution is 2.37. The molecule has 1 fully saturated rings. The molecule has 126 valence electrons. The number of aromatic nitrogens is 1. The highest BCUT2D eigenvalue weighted by molar-refractivity contribution is 7.16. The zero-order chi connectivity index (χ0) is 16.5. The van der Waals surface area contributed by atoms with Gasteiger partial charge in [-0.2, -0.15) is 0 Å². The number of thiazole rings is 1. The Hall–Kier alpha value is -2.12. The SMILES string of the molecule is CNCC1CCN(C(=O)c2cnc(-c3ccc4c(c3)OCO4)s2)C1. The monoisotopic (exact) mass is 345 g/mol. The lowest BCUT2D eigenvalue weighted by atomic mass is 10.1. The molecular formula is C17H19N3O3S. The molecule has 0 saturated carbocycles. The molecule has 1 amide bonds. The smallest absolute Gasteiger partial charge is 0.265 e. The summed E-state index contributed by atoms with van der Waals surface area (Å²) in [6, 6.07) is 5.73. The van der Waals surface area contributed by atoms with Gasteiger partial charge in [0.1, 0.15) is 9.88 Å². The maximum Gasteiger partial charge on any atom is 0.265 e. The van der Waals surface area contributed by atoms with Gasteiger partial charge in [-0.25, -0.2) is 4.98 Å². The van der Waals surface area contributed by atoms with Crippen LogP contribution in [-0.4, -0.2) is 49.3 Å². The van der Waals surface area contributed by atoms with E-state index in [9.17, 15) is 4.79 Å². The summed E-state index contributed by atoms with van der Waals surface area (Å²) in [5, 5.41) is 4.01. The first-order chi connectivity index (χ1) is 11.7. The Kier molecular flexibility index (Phi) is 4.12. The molecule has 1 aromatic heterocycles. The quantitative estimate of drug-likeness (QED) is 0.921. The van der Waals surface area contributed by atoms with Crippen molar-refractivity contribution in [3.63, 3.8) is 0 Å². The number of fused-ring (bicyclic) bond motifs is 1. The number of ether oxygens (including phenoxy) is 2. The fraction of sp³-hybridized carbons (Fsp3) is 0.412. The lowest BCUT2D eigenvalue weighted by Gasteiger charge is -2.15. The van der Waals surface area contributed by atoms with Crippen molar-refractivity contribution in [1.82, 2.24) is 15.2 Å². The number of carbonyl (C=O) groups is 1. The molecule has 2 aliphatic heterocycles. The van der Waals surface area contributed by atoms with Crippen LogP contribution in [0.2, 0.25) is 0 Å². The normalized spacial score (nSPS) is 19.0. The molecule has 3 heterocycles. The van der Waals surface area contributed by atoms with Gasteiger partial charge in [-0.3, -0.25) is 4.79 Å². The van der Waals surface area contributed by atoms with E-state index in [-0.39, 0.29) is 12.7 Å². The van der Waals surface area contributed by atoms with Crippen molar-refractivity contribution in [3.8, 4) is 22.1 Å². The summed E-state index contributed by atoms with van der Waals surface area (Å²) in [7, 11) is 1.95. The van der Waals surface area contributed by atoms with Gasteiger partial charge in [0.05, 0.1) is 6.20 Å². The Morgan fingerprint density at radius 1 is 1.42 bits per heavy atom. The number of hydrogen-bond donors (Lipinski definition) is 1. The summed E-state index contributed by atoms with van der Waals surface area (Å²) in [6.45, 7) is 2.84. The predicted octanol–water partition coefficient (Wildman–Crippen LogP) is 2.22. The van der Waals surface area contributed by atoms with Gasteiger partial charge in [0.2, 0.25) is 6.79 Å². The summed E-state index contributed by atoms with van der Waals surface area (Å²) in [6.07, 6.45) is 2.73. The van der Waals surface area contributed by atoms with Crippen molar-refractivity contribution in [1.29, 1.82) is 0 Å². The number of amides is 1. The maximum absolute atomic E-state index is 12.7. The van der Waals surface area contributed by atoms with E-state index < -0.39 is 0 Å². The molecule has 24 heavy (non-hydrogen) atoms. The van der Waals surface area contributed by atoms with Crippen LogP contribution in [0.4, 0.5) is 0 Å². The minimum Gasteiger partial charge on any atom is -0.454 e. The maximum atomic E-state index is 12.7. The molecule has 1 N–H and O–H groups in total. The standard InChI is InChI=1S/C17H19N3O3S/c1-18-7-11-4-5-20(9-11)17(21)15-8-19-16(24-15)12-2-3-13-14(6-12)23-10-22-13/h2-3,6,8,11,18H,4-5,7,9-10H2,1H3. The Balaban J connectivity index is 1.49. The average Bonchev–Trinajstić information content (AvgIpc) is 3.33. The molecule has 7 heteroatoms. The van der Waals surface area contributed by atoms with Crippen molar-refractivity contribution in [2.75, 3.05) is 33.5 Å². The van der Waals surface area contributed by atoms with Crippen molar-refractivity contribution in [2.24, 2.45) is 5.92 Å². The third kappa shape index (κ3) is 2.85. The molecular weight excluding hydrogens is 326 g/mol. The van der Waals surface area contributed by atoms with Gasteiger partial charge in [0.25, 0.3) is 5.91 Å². The Morgan fingerprint density at radius 2 is 2.29 bits per heavy atom. The zero-order valence-corrected chi connectivity index (χ0v) is 14.3. The molecule has 1 aromatic carbocycles. The number of benzene rings is 1. The average molecular weight is 345 g/mol. The Labute approximate surface area is 144 Å². The van der Waals surface area contributed by atoms with Crippen LogP contribution >= 0.6 is 11.3 Å². The molecule has 2 aromatic rings. The fourth-order valence-electron chi connectivity index (χ4n) is 3.16. The third-order valence-electron chi connectivity index (χ3n) is 4.40. The molecule has 4 rings (SSSR count). The highest BCUT2D eigenvalue weighted by atomic mass is 32.1. The molecule has 0 spiro atoms. The number of nitrogens with zero attached hydrogens (tertiary/aromatic N) is 2. The summed E-state index contributed by atoms with van der Waals surface area (Å²) < 4.78 is 10.7. The van der Waals surface area contributed by atoms with Crippen LogP contribution in [0.3, 0.4) is 0 Å². The topological polar surface area (TPSA) is 63.7 Å². The van der Waals surface area contributed by atoms with E-state index in [0.717, 1.165) is 48.1 Å². The highest BCUT2D eigenvalue weighted by Gasteiger charge is 2.27. The second kappa shape index (κ2) is 6.41. The molecule has 6 nitrogen and oxygen atoms in total. The largest absolute Gasteiger partial charge is 0.454 e. The van der Waals surface area contributed by atoms with E-state index in [1.807, 2.05) is 30.1 Å². The van der Waals surface area contributed by atoms with Crippen LogP contribution in [-0.2, 0) is 0 Å². The minimum atomic E-state index is 0.0816. The summed E-state index contributed by atoms with van der Waals surface area (Å²) >= 11 is 1.43. The van der Waals surface area contributed by atoms with Crippen molar-refractivity contribution < 1.29 is 14.3 Å². The van der Waals surface area contributed by atoms with E-state index in [4.69, 9.17) is 9.47 Å². The number of nitrogens with one attached hydrogen (secondary N) is 1. The van der Waals surface area contributed by atoms with Crippen LogP contribution in [0.15, 0.2) is 24.4 Å². The lowest BCUT2D eigenvalue weighted by Crippen LogP contribution is -2.29. The summed E-state index contributed by atoms with van der Waals surface area (Å²) in [4.78, 5) is 19.7. The van der Waals surface area contributed by atoms with Crippen LogP contribution in [0.5, 0.6) is 11.5 Å². The Bertz CT molecular complexity index is 761. The minimum absolute atomic E-state index is 0.0816. The van der Waals surface area contributed by atoms with E-state index in [1.54, 1.807) is 6.20 Å². The van der Waals surface area contributed by atoms with Crippen LogP contribution in [0, 0.1) is 5.92 Å². The lowest BCUT2D eigenvalue weighted by molar-refractivity contribution is 0.0791. The van der Waals surface area contributed by atoms with Gasteiger partial charge in [0, 0.05) is 18.7 Å². The van der Waals surface area contributed by atoms with Crippen molar-refractivity contribution in [3.05, 3.63) is 29.3 Å². The van der Waals surface area contributed by atoms with Crippen LogP contribution in [0.25, 0.3) is 10.6 Å². The summed E-state index contributed by atoms with van der Waals surface area (Å²) in [5.41, 5.74) is 0.942. The number of likely N-dealkylation sites (tertiary alicyclic amines) is 1. The van der Waals surface area contributed by atoms with Gasteiger partial charge in [-0.1, -0.05) is 0 Å². The second-order valence-electron chi connectivity index (χ2n) is 6.06. The van der Waals surface area contributed by atoms with Gasteiger partial charge < -0.3 is 19.7 Å². The number of hydrogen-bond acceptors (Lipinski definition) is 6. The first kappa shape index (κ1) is 15.4. The zero-order valence-electron chi connectivity index (χ0n) is 13.4. The van der Waals surface area contributed by atoms with Gasteiger partial charge in [0.15, 0.2) is 11.5 Å². The Morgan fingerprint density at radius 3 is 3.17 bits per heavy atom. The van der Waals surface area contributed by atoms with Gasteiger partial charge in [-0.05, 0) is 44.1 Å². The van der Waals surface area contributed by atoms with Crippen molar-refractivity contribution >= 4 is 17.2 Å². The predicted molar refractivity (Wildman–Crippen MR) is 91.6 cm³/mol. The summed E-state index contributed by atoms with van der Waals surface area (Å²) in [5.74, 6) is 2.10. The third-order valence-corrected chi connectivity index (χ3v) is 5.44. The van der Waals surface area contributed by atoms with Crippen molar-refractivity contribution in [2.45, 2.75) is 6.42 Å². The van der Waals surface area contributed by atoms with Crippen LogP contribution < -0.4 is 14.8 Å². The molecule has 1 saturated heterocycles. The van der Waals surface area contributed by atoms with E-state index in [2.05, 4.69) is 10.3 Å². The van der Waals surface area contributed by atoms with E-state index in [0.29, 0.717) is 10.8 Å². The molecule has 1 atom stereocenters. The van der Waals surface area contributed by atoms with Gasteiger partial charge in [-0.15, -0.1) is 11.3 Å². The number of carbonyl (C=O) groups excluding carboxylic acids is 1. The van der Waals surface area contributed by atoms with E-state index in [1.165, 1.54) is 11.3 Å². The molecule has 0 radical (unpaired) electrons. The van der Waals surface area contributed by atoms with Gasteiger partial charge >= 0.3 is 0 Å². The molecule has 1 unspecified atom stereocenters. The molecule has 2 aliphatic rings. The first-order valence-corrected chi connectivity index (χ1v) is 8.86.